The molecule has 2 aromatic carbocycles. The van der Waals surface area contributed by atoms with Crippen LogP contribution in [0.3, 0.4) is 0 Å². The van der Waals surface area contributed by atoms with Crippen LogP contribution in [-0.4, -0.2) is 38.1 Å². The molecule has 1 heterocycles. The Kier molecular flexibility index (Phi) is 5.12. The molecule has 0 aliphatic carbocycles. The number of likely N-dealkylation sites (N-methyl/N-ethyl adjacent to an activating group) is 1. The van der Waals surface area contributed by atoms with Crippen molar-refractivity contribution in [1.82, 2.24) is 4.90 Å². The van der Waals surface area contributed by atoms with Gasteiger partial charge in [-0.05, 0) is 48.2 Å². The van der Waals surface area contributed by atoms with E-state index >= 15 is 0 Å². The number of hydrogen-bond donors (Lipinski definition) is 1. The Morgan fingerprint density at radius 1 is 1.28 bits per heavy atom. The van der Waals surface area contributed by atoms with Gasteiger partial charge in [0.15, 0.2) is 0 Å². The molecular weight excluding hydrogens is 314 g/mol. The van der Waals surface area contributed by atoms with E-state index in [-0.39, 0.29) is 5.91 Å². The van der Waals surface area contributed by atoms with Crippen LogP contribution in [0.15, 0.2) is 42.5 Å². The lowest BCUT2D eigenvalue weighted by molar-refractivity contribution is -0.129. The first-order valence-corrected chi connectivity index (χ1v) is 8.57. The van der Waals surface area contributed by atoms with Crippen molar-refractivity contribution in [3.8, 4) is 5.75 Å². The molecule has 0 saturated heterocycles. The summed E-state index contributed by atoms with van der Waals surface area (Å²) in [5, 5.41) is 0. The van der Waals surface area contributed by atoms with E-state index in [4.69, 9.17) is 10.5 Å². The van der Waals surface area contributed by atoms with Crippen LogP contribution in [0.4, 0.5) is 11.4 Å². The maximum Gasteiger partial charge on any atom is 0.242 e. The number of carbonyl (C=O) groups excluding carboxylic acids is 1. The van der Waals surface area contributed by atoms with Crippen LogP contribution < -0.4 is 15.4 Å². The summed E-state index contributed by atoms with van der Waals surface area (Å²) in [6, 6.07) is 13.7. The van der Waals surface area contributed by atoms with Gasteiger partial charge >= 0.3 is 0 Å². The standard InChI is InChI=1S/C20H25N3O2/c1-22(13-15-6-3-7-16(12-15)25-2)20(24)14-23-11-5-8-17-18(21)9-4-10-19(17)23/h3-4,6-7,9-10,12H,5,8,11,13-14,21H2,1-2H3. The molecule has 0 bridgehead atoms. The Morgan fingerprint density at radius 3 is 2.88 bits per heavy atom. The summed E-state index contributed by atoms with van der Waals surface area (Å²) in [7, 11) is 3.49. The Labute approximate surface area is 149 Å². The predicted molar refractivity (Wildman–Crippen MR) is 101 cm³/mol. The molecule has 1 aliphatic rings. The number of rotatable bonds is 5. The van der Waals surface area contributed by atoms with Crippen molar-refractivity contribution in [2.24, 2.45) is 0 Å². The van der Waals surface area contributed by atoms with E-state index in [9.17, 15) is 4.79 Å². The average molecular weight is 339 g/mol. The summed E-state index contributed by atoms with van der Waals surface area (Å²) in [6.07, 6.45) is 2.00. The highest BCUT2D eigenvalue weighted by Gasteiger charge is 2.22. The molecule has 1 aliphatic heterocycles. The van der Waals surface area contributed by atoms with Crippen molar-refractivity contribution in [2.75, 3.05) is 37.9 Å². The van der Waals surface area contributed by atoms with Gasteiger partial charge in [-0.3, -0.25) is 4.79 Å². The van der Waals surface area contributed by atoms with Gasteiger partial charge in [-0.25, -0.2) is 0 Å². The Morgan fingerprint density at radius 2 is 2.08 bits per heavy atom. The van der Waals surface area contributed by atoms with Gasteiger partial charge in [0.05, 0.1) is 13.7 Å². The van der Waals surface area contributed by atoms with E-state index in [0.29, 0.717) is 13.1 Å². The molecule has 3 rings (SSSR count). The molecule has 1 amide bonds. The molecule has 0 atom stereocenters. The van der Waals surface area contributed by atoms with E-state index in [1.807, 2.05) is 43.4 Å². The summed E-state index contributed by atoms with van der Waals surface area (Å²) in [6.45, 7) is 1.82. The number of amides is 1. The van der Waals surface area contributed by atoms with Crippen molar-refractivity contribution in [3.05, 3.63) is 53.6 Å². The van der Waals surface area contributed by atoms with Crippen LogP contribution in [0.1, 0.15) is 17.5 Å². The highest BCUT2D eigenvalue weighted by Crippen LogP contribution is 2.31. The number of ether oxygens (including phenoxy) is 1. The van der Waals surface area contributed by atoms with Crippen molar-refractivity contribution >= 4 is 17.3 Å². The second-order valence-corrected chi connectivity index (χ2v) is 6.47. The minimum absolute atomic E-state index is 0.0955. The third-order valence-electron chi connectivity index (χ3n) is 4.69. The molecule has 5 nitrogen and oxygen atoms in total. The number of benzene rings is 2. The topological polar surface area (TPSA) is 58.8 Å². The minimum Gasteiger partial charge on any atom is -0.497 e. The van der Waals surface area contributed by atoms with Crippen molar-refractivity contribution in [1.29, 1.82) is 0 Å². The molecule has 0 aromatic heterocycles. The molecule has 0 spiro atoms. The zero-order valence-corrected chi connectivity index (χ0v) is 14.9. The van der Waals surface area contributed by atoms with Crippen molar-refractivity contribution in [2.45, 2.75) is 19.4 Å². The number of nitrogens with two attached hydrogens (primary N) is 1. The van der Waals surface area contributed by atoms with E-state index in [0.717, 1.165) is 47.6 Å². The Hall–Kier alpha value is -2.69. The number of nitrogen functional groups attached to an aromatic ring is 1. The summed E-state index contributed by atoms with van der Waals surface area (Å²) < 4.78 is 5.25. The minimum atomic E-state index is 0.0955. The molecule has 5 heteroatoms. The zero-order chi connectivity index (χ0) is 17.8. The largest absolute Gasteiger partial charge is 0.497 e. The monoisotopic (exact) mass is 339 g/mol. The lowest BCUT2D eigenvalue weighted by Crippen LogP contribution is -2.40. The first-order valence-electron chi connectivity index (χ1n) is 8.57. The van der Waals surface area contributed by atoms with Gasteiger partial charge in [0.2, 0.25) is 5.91 Å². The molecule has 2 aromatic rings. The molecule has 2 N–H and O–H groups in total. The van der Waals surface area contributed by atoms with Crippen molar-refractivity contribution < 1.29 is 9.53 Å². The fraction of sp³-hybridized carbons (Fsp3) is 0.350. The molecule has 25 heavy (non-hydrogen) atoms. The Bertz CT molecular complexity index is 760. The summed E-state index contributed by atoms with van der Waals surface area (Å²) in [5.74, 6) is 0.900. The maximum atomic E-state index is 12.7. The van der Waals surface area contributed by atoms with Gasteiger partial charge in [0, 0.05) is 31.5 Å². The van der Waals surface area contributed by atoms with Crippen LogP contribution in [0.25, 0.3) is 0 Å². The highest BCUT2D eigenvalue weighted by molar-refractivity contribution is 5.82. The predicted octanol–water partition coefficient (Wildman–Crippen LogP) is 2.69. The van der Waals surface area contributed by atoms with Gasteiger partial charge in [0.1, 0.15) is 5.75 Å². The molecule has 0 radical (unpaired) electrons. The molecule has 0 unspecified atom stereocenters. The van der Waals surface area contributed by atoms with Gasteiger partial charge < -0.3 is 20.3 Å². The number of nitrogens with zero attached hydrogens (tertiary/aromatic N) is 2. The second kappa shape index (κ2) is 7.47. The van der Waals surface area contributed by atoms with Crippen LogP contribution in [0, 0.1) is 0 Å². The first kappa shape index (κ1) is 17.1. The smallest absolute Gasteiger partial charge is 0.242 e. The molecule has 0 fully saturated rings. The van der Waals surface area contributed by atoms with E-state index in [1.165, 1.54) is 0 Å². The summed E-state index contributed by atoms with van der Waals surface area (Å²) >= 11 is 0. The van der Waals surface area contributed by atoms with Crippen LogP contribution in [0.5, 0.6) is 5.75 Å². The van der Waals surface area contributed by atoms with Crippen molar-refractivity contribution in [3.63, 3.8) is 0 Å². The van der Waals surface area contributed by atoms with E-state index < -0.39 is 0 Å². The lowest BCUT2D eigenvalue weighted by atomic mass is 10.00. The van der Waals surface area contributed by atoms with Crippen LogP contribution in [-0.2, 0) is 17.8 Å². The first-order chi connectivity index (χ1) is 12.1. The summed E-state index contributed by atoms with van der Waals surface area (Å²) in [5.41, 5.74) is 10.2. The molecule has 132 valence electrons. The van der Waals surface area contributed by atoms with Gasteiger partial charge in [-0.1, -0.05) is 18.2 Å². The maximum absolute atomic E-state index is 12.7. The van der Waals surface area contributed by atoms with E-state index in [1.54, 1.807) is 12.0 Å². The number of methoxy groups -OCH3 is 1. The Balaban J connectivity index is 1.67. The third kappa shape index (κ3) is 3.87. The quantitative estimate of drug-likeness (QED) is 0.851. The highest BCUT2D eigenvalue weighted by atomic mass is 16.5. The second-order valence-electron chi connectivity index (χ2n) is 6.47. The fourth-order valence-corrected chi connectivity index (χ4v) is 3.31. The normalized spacial score (nSPS) is 13.3. The lowest BCUT2D eigenvalue weighted by Gasteiger charge is -2.32. The SMILES string of the molecule is COc1cccc(CN(C)C(=O)CN2CCCc3c(N)cccc32)c1. The summed E-state index contributed by atoms with van der Waals surface area (Å²) in [4.78, 5) is 16.6. The van der Waals surface area contributed by atoms with Crippen LogP contribution >= 0.6 is 0 Å². The van der Waals surface area contributed by atoms with Gasteiger partial charge in [-0.2, -0.15) is 0 Å². The van der Waals surface area contributed by atoms with Crippen LogP contribution in [0.2, 0.25) is 0 Å². The third-order valence-corrected chi connectivity index (χ3v) is 4.69. The zero-order valence-electron chi connectivity index (χ0n) is 14.9. The molecule has 0 saturated carbocycles. The average Bonchev–Trinajstić information content (AvgIpc) is 2.62. The number of fused-ring (bicyclic) bond motifs is 1. The number of anilines is 2. The molecular formula is C20H25N3O2. The van der Waals surface area contributed by atoms with Gasteiger partial charge in [-0.15, -0.1) is 0 Å². The fourth-order valence-electron chi connectivity index (χ4n) is 3.31. The van der Waals surface area contributed by atoms with E-state index in [2.05, 4.69) is 11.0 Å². The number of hydrogen-bond acceptors (Lipinski definition) is 4. The van der Waals surface area contributed by atoms with Gasteiger partial charge in [0.25, 0.3) is 0 Å². The number of carbonyl (C=O) groups is 1.